The Hall–Kier alpha value is -1.50. The summed E-state index contributed by atoms with van der Waals surface area (Å²) in [6.45, 7) is 0.208. The molecule has 2 unspecified atom stereocenters. The Bertz CT molecular complexity index is 615. The first-order valence-electron chi connectivity index (χ1n) is 6.35. The summed E-state index contributed by atoms with van der Waals surface area (Å²) in [7, 11) is -5.34. The van der Waals surface area contributed by atoms with Crippen LogP contribution in [0.1, 0.15) is 12.6 Å². The summed E-state index contributed by atoms with van der Waals surface area (Å²) < 4.78 is 66.5. The molecule has 132 valence electrons. The van der Waals surface area contributed by atoms with Gasteiger partial charge in [-0.15, -0.1) is 0 Å². The molecule has 12 heteroatoms. The number of hydrogen-bond donors (Lipinski definition) is 3. The number of nitrogens with one attached hydrogen (secondary N) is 1. The third kappa shape index (κ3) is 5.57. The van der Waals surface area contributed by atoms with E-state index in [4.69, 9.17) is 10.8 Å². The Kier molecular flexibility index (Phi) is 6.27. The van der Waals surface area contributed by atoms with Crippen molar-refractivity contribution >= 4 is 15.9 Å². The van der Waals surface area contributed by atoms with Gasteiger partial charge < -0.3 is 15.8 Å². The van der Waals surface area contributed by atoms with Crippen molar-refractivity contribution in [2.24, 2.45) is 5.73 Å². The molecule has 0 fully saturated rings. The summed E-state index contributed by atoms with van der Waals surface area (Å²) in [5.74, 6) is -1.76. The number of nitrogens with zero attached hydrogens (tertiary/aromatic N) is 1. The van der Waals surface area contributed by atoms with Crippen LogP contribution in [-0.2, 0) is 25.5 Å². The number of aliphatic hydroxyl groups excluding tert-OH is 1. The molecule has 0 amide bonds. The highest BCUT2D eigenvalue weighted by molar-refractivity contribution is 7.88. The lowest BCUT2D eigenvalue weighted by Gasteiger charge is -2.22. The molecule has 0 saturated carbocycles. The number of rotatable bonds is 8. The quantitative estimate of drug-likeness (QED) is 0.533. The Balaban J connectivity index is 2.99. The van der Waals surface area contributed by atoms with Gasteiger partial charge in [0.2, 0.25) is 5.25 Å². The summed E-state index contributed by atoms with van der Waals surface area (Å²) >= 11 is 0. The topological polar surface area (TPSA) is 135 Å². The highest BCUT2D eigenvalue weighted by Crippen LogP contribution is 2.29. The molecule has 0 saturated heterocycles. The second-order valence-electron chi connectivity index (χ2n) is 4.82. The van der Waals surface area contributed by atoms with Crippen LogP contribution in [0.3, 0.4) is 0 Å². The van der Waals surface area contributed by atoms with Gasteiger partial charge in [-0.05, 0) is 6.92 Å². The van der Waals surface area contributed by atoms with Crippen molar-refractivity contribution in [1.29, 1.82) is 0 Å². The van der Waals surface area contributed by atoms with Crippen molar-refractivity contribution in [1.82, 2.24) is 9.97 Å². The molecule has 0 aliphatic heterocycles. The summed E-state index contributed by atoms with van der Waals surface area (Å²) in [4.78, 5) is 18.1. The Morgan fingerprint density at radius 2 is 2.13 bits per heavy atom. The van der Waals surface area contributed by atoms with E-state index in [0.29, 0.717) is 0 Å². The average Bonchev–Trinajstić information content (AvgIpc) is 2.87. The number of H-pyrrole nitrogens is 1. The fraction of sp³-hybridized carbons (Fsp3) is 0.636. The number of hydrogen-bond acceptors (Lipinski definition) is 7. The van der Waals surface area contributed by atoms with E-state index < -0.39 is 46.1 Å². The van der Waals surface area contributed by atoms with Gasteiger partial charge in [-0.25, -0.2) is 4.98 Å². The number of aromatic amines is 1. The van der Waals surface area contributed by atoms with E-state index in [0.717, 1.165) is 6.92 Å². The molecule has 3 atom stereocenters. The van der Waals surface area contributed by atoms with Crippen LogP contribution in [0.15, 0.2) is 12.5 Å². The summed E-state index contributed by atoms with van der Waals surface area (Å²) in [6.07, 6.45) is -4.56. The van der Waals surface area contributed by atoms with Gasteiger partial charge in [0.1, 0.15) is 0 Å². The first-order valence-corrected chi connectivity index (χ1v) is 7.82. The van der Waals surface area contributed by atoms with Crippen LogP contribution in [0.25, 0.3) is 0 Å². The highest BCUT2D eigenvalue weighted by Gasteiger charge is 2.55. The number of carbonyl (C=O) groups excluding carboxylic acids is 1. The van der Waals surface area contributed by atoms with Crippen molar-refractivity contribution < 1.29 is 35.7 Å². The molecule has 23 heavy (non-hydrogen) atoms. The van der Waals surface area contributed by atoms with Gasteiger partial charge >= 0.3 is 6.18 Å². The van der Waals surface area contributed by atoms with Crippen LogP contribution >= 0.6 is 0 Å². The molecule has 0 spiro atoms. The van der Waals surface area contributed by atoms with Crippen LogP contribution in [0.4, 0.5) is 13.2 Å². The zero-order valence-corrected chi connectivity index (χ0v) is 12.8. The smallest absolute Gasteiger partial charge is 0.391 e. The Morgan fingerprint density at radius 1 is 1.52 bits per heavy atom. The zero-order valence-electron chi connectivity index (χ0n) is 11.9. The van der Waals surface area contributed by atoms with E-state index in [-0.39, 0.29) is 12.1 Å². The molecule has 4 N–H and O–H groups in total. The number of imidazole rings is 1. The second kappa shape index (κ2) is 7.38. The maximum atomic E-state index is 13.0. The van der Waals surface area contributed by atoms with Gasteiger partial charge in [-0.2, -0.15) is 21.6 Å². The third-order valence-electron chi connectivity index (χ3n) is 2.67. The number of aliphatic hydroxyl groups is 1. The normalized spacial score (nSPS) is 16.8. The molecular weight excluding hydrogens is 343 g/mol. The first-order chi connectivity index (χ1) is 10.4. The van der Waals surface area contributed by atoms with Crippen molar-refractivity contribution in [3.63, 3.8) is 0 Å². The van der Waals surface area contributed by atoms with Crippen molar-refractivity contribution in [3.05, 3.63) is 18.2 Å². The average molecular weight is 359 g/mol. The van der Waals surface area contributed by atoms with E-state index in [9.17, 15) is 26.4 Å². The molecule has 1 aromatic rings. The van der Waals surface area contributed by atoms with Crippen molar-refractivity contribution in [3.8, 4) is 0 Å². The van der Waals surface area contributed by atoms with E-state index in [1.54, 1.807) is 0 Å². The lowest BCUT2D eigenvalue weighted by molar-refractivity contribution is -0.151. The van der Waals surface area contributed by atoms with E-state index in [2.05, 4.69) is 14.2 Å². The minimum Gasteiger partial charge on any atom is -0.391 e. The number of aromatic nitrogens is 2. The van der Waals surface area contributed by atoms with E-state index in [1.165, 1.54) is 12.5 Å². The number of nitrogens with two attached hydrogens (primary N) is 1. The predicted octanol–water partition coefficient (Wildman–Crippen LogP) is -0.493. The van der Waals surface area contributed by atoms with Gasteiger partial charge in [-0.1, -0.05) is 0 Å². The van der Waals surface area contributed by atoms with Gasteiger partial charge in [0, 0.05) is 12.6 Å². The van der Waals surface area contributed by atoms with E-state index in [1.807, 2.05) is 0 Å². The lowest BCUT2D eigenvalue weighted by atomic mass is 10.1. The predicted molar refractivity (Wildman–Crippen MR) is 71.7 cm³/mol. The fourth-order valence-corrected chi connectivity index (χ4v) is 2.96. The number of carbonyl (C=O) groups is 1. The second-order valence-corrected chi connectivity index (χ2v) is 6.51. The maximum absolute atomic E-state index is 13.0. The lowest BCUT2D eigenvalue weighted by Crippen LogP contribution is -2.51. The monoisotopic (exact) mass is 359 g/mol. The summed E-state index contributed by atoms with van der Waals surface area (Å²) in [6, 6.07) is -1.74. The van der Waals surface area contributed by atoms with Crippen molar-refractivity contribution in [2.45, 2.75) is 36.9 Å². The molecule has 0 aliphatic carbocycles. The Labute approximate surface area is 130 Å². The first kappa shape index (κ1) is 19.5. The van der Waals surface area contributed by atoms with Crippen LogP contribution in [0, 0.1) is 0 Å². The Morgan fingerprint density at radius 3 is 2.57 bits per heavy atom. The highest BCUT2D eigenvalue weighted by atomic mass is 32.2. The van der Waals surface area contributed by atoms with Gasteiger partial charge in [0.25, 0.3) is 10.1 Å². The molecule has 1 rings (SSSR count). The SMILES string of the molecule is CC(O)COS(=O)(=O)C(C(=O)[C@@H](N)Cc1c[nH]cn1)C(F)(F)F. The number of halogens is 3. The number of Topliss-reactive ketones (excluding diaryl/α,β-unsaturated/α-hetero) is 1. The van der Waals surface area contributed by atoms with Crippen LogP contribution in [-0.4, -0.2) is 59.5 Å². The van der Waals surface area contributed by atoms with Crippen molar-refractivity contribution in [2.75, 3.05) is 6.61 Å². The summed E-state index contributed by atoms with van der Waals surface area (Å²) in [5, 5.41) is 5.50. The maximum Gasteiger partial charge on any atom is 0.414 e. The van der Waals surface area contributed by atoms with Gasteiger partial charge in [0.05, 0.1) is 30.8 Å². The molecule has 0 radical (unpaired) electrons. The van der Waals surface area contributed by atoms with Gasteiger partial charge in [-0.3, -0.25) is 8.98 Å². The molecule has 0 aliphatic rings. The molecule has 1 aromatic heterocycles. The standard InChI is InChI=1S/C11H16F3N3O5S/c1-6(18)4-22-23(20,21)10(11(12,13)14)9(19)8(15)2-7-3-16-5-17-7/h3,5-6,8,10,18H,2,4,15H2,1H3,(H,16,17)/t6?,8-,10?/m0/s1. The van der Waals surface area contributed by atoms with Crippen LogP contribution < -0.4 is 5.73 Å². The number of ketones is 1. The van der Waals surface area contributed by atoms with E-state index >= 15 is 0 Å². The van der Waals surface area contributed by atoms with Gasteiger partial charge in [0.15, 0.2) is 5.78 Å². The molecule has 0 bridgehead atoms. The number of alkyl halides is 3. The minimum absolute atomic E-state index is 0.203. The molecule has 0 aromatic carbocycles. The largest absolute Gasteiger partial charge is 0.414 e. The molecule has 1 heterocycles. The summed E-state index contributed by atoms with van der Waals surface area (Å²) in [5.41, 5.74) is 5.59. The third-order valence-corrected chi connectivity index (χ3v) is 4.21. The molecular formula is C11H16F3N3O5S. The zero-order chi connectivity index (χ0) is 17.8. The fourth-order valence-electron chi connectivity index (χ4n) is 1.65. The van der Waals surface area contributed by atoms with Crippen LogP contribution in [0.2, 0.25) is 0 Å². The minimum atomic E-state index is -5.40. The van der Waals surface area contributed by atoms with Crippen LogP contribution in [0.5, 0.6) is 0 Å². The molecule has 8 nitrogen and oxygen atoms in total.